The molecule has 1 aliphatic heterocycles. The van der Waals surface area contributed by atoms with Gasteiger partial charge in [0.2, 0.25) is 5.78 Å². The van der Waals surface area contributed by atoms with E-state index >= 15 is 4.79 Å². The van der Waals surface area contributed by atoms with Crippen LogP contribution in [-0.4, -0.2) is 79.3 Å². The van der Waals surface area contributed by atoms with Crippen LogP contribution in [0, 0.1) is 22.7 Å². The molecule has 1 N–H and O–H groups in total. The number of hydrogen-bond donors (Lipinski definition) is 1. The fourth-order valence-corrected chi connectivity index (χ4v) is 9.93. The van der Waals surface area contributed by atoms with Gasteiger partial charge in [-0.1, -0.05) is 45.9 Å². The predicted molar refractivity (Wildman–Crippen MR) is 170 cm³/mol. The molecule has 1 aromatic carbocycles. The molecular formula is C35H48O10Si. The largest absolute Gasteiger partial charge is 0.455 e. The lowest BCUT2D eigenvalue weighted by atomic mass is 9.43. The first-order valence-electron chi connectivity index (χ1n) is 16.1. The van der Waals surface area contributed by atoms with E-state index in [1.165, 1.54) is 13.8 Å². The lowest BCUT2D eigenvalue weighted by Crippen LogP contribution is -2.81. The summed E-state index contributed by atoms with van der Waals surface area (Å²) in [5, 5.41) is 13.4. The summed E-state index contributed by atoms with van der Waals surface area (Å²) >= 11 is 0. The number of ether oxygens (including phenoxy) is 4. The topological polar surface area (TPSA) is 135 Å². The fraction of sp³-hybridized carbons (Fsp3) is 0.657. The molecule has 252 valence electrons. The highest BCUT2D eigenvalue weighted by molar-refractivity contribution is 6.69. The number of ketones is 1. The number of hydrogen-bond acceptors (Lipinski definition) is 10. The molecule has 1 heterocycles. The second-order valence-corrected chi connectivity index (χ2v) is 19.9. The summed E-state index contributed by atoms with van der Waals surface area (Å²) in [6.45, 7) is 17.7. The number of carbonyl (C=O) groups is 4. The van der Waals surface area contributed by atoms with Gasteiger partial charge in [0.15, 0.2) is 20.0 Å². The standard InChI is InChI=1S/C35H48O10Si/c1-19-16-25-34(18-41-25,44-22(4)37)28-30(43-31(39)23-14-12-11-13-15-23)35(40)17-24(45-46(8,9)10)20(2)26(32(35,5)6)27(38)29(33(19,28)7)42-21(3)36/h11-15,19,24-25,28-30,40H,16-18H2,1-10H3/t19-,24?,25?,28?,29?,30?,33+,34?,35?/m0/s1. The molecule has 0 aromatic heterocycles. The molecule has 0 amide bonds. The van der Waals surface area contributed by atoms with Gasteiger partial charge in [0.25, 0.3) is 0 Å². The molecule has 0 radical (unpaired) electrons. The van der Waals surface area contributed by atoms with E-state index in [0.29, 0.717) is 12.0 Å². The Morgan fingerprint density at radius 3 is 2.15 bits per heavy atom. The highest BCUT2D eigenvalue weighted by atomic mass is 28.4. The van der Waals surface area contributed by atoms with Crippen molar-refractivity contribution in [3.05, 3.63) is 47.0 Å². The fourth-order valence-electron chi connectivity index (χ4n) is 8.81. The van der Waals surface area contributed by atoms with E-state index < -0.39 is 84.4 Å². The second-order valence-electron chi connectivity index (χ2n) is 15.4. The smallest absolute Gasteiger partial charge is 0.338 e. The van der Waals surface area contributed by atoms with Crippen molar-refractivity contribution in [1.82, 2.24) is 0 Å². The SMILES string of the molecule is CC(=O)OC1C(=O)C2=C(C)C(O[Si](C)(C)C)CC(O)(C(OC(=O)c3ccccc3)C3C4(OC(C)=O)COC4C[C@H](C)[C@@]13C)C2(C)C. The number of rotatable bonds is 6. The van der Waals surface area contributed by atoms with Crippen LogP contribution in [0.4, 0.5) is 0 Å². The predicted octanol–water partition coefficient (Wildman–Crippen LogP) is 4.79. The lowest BCUT2D eigenvalue weighted by molar-refractivity contribution is -0.351. The van der Waals surface area contributed by atoms with Gasteiger partial charge in [-0.05, 0) is 56.6 Å². The Balaban J connectivity index is 1.87. The van der Waals surface area contributed by atoms with Gasteiger partial charge in [0.1, 0.15) is 17.8 Å². The molecule has 2 bridgehead atoms. The number of Topliss-reactive ketones (excluding diaryl/α,β-unsaturated/α-hetero) is 1. The van der Waals surface area contributed by atoms with Crippen LogP contribution < -0.4 is 0 Å². The Morgan fingerprint density at radius 2 is 1.63 bits per heavy atom. The zero-order valence-electron chi connectivity index (χ0n) is 28.6. The zero-order valence-corrected chi connectivity index (χ0v) is 29.6. The van der Waals surface area contributed by atoms with E-state index in [2.05, 4.69) is 0 Å². The Bertz CT molecular complexity index is 1460. The van der Waals surface area contributed by atoms with Gasteiger partial charge >= 0.3 is 17.9 Å². The maximum Gasteiger partial charge on any atom is 0.338 e. The lowest BCUT2D eigenvalue weighted by Gasteiger charge is -2.68. The van der Waals surface area contributed by atoms with Gasteiger partial charge in [-0.15, -0.1) is 0 Å². The van der Waals surface area contributed by atoms with Crippen molar-refractivity contribution in [2.75, 3.05) is 6.61 Å². The Hall–Kier alpha value is -2.86. The number of benzene rings is 1. The van der Waals surface area contributed by atoms with E-state index in [-0.39, 0.29) is 30.1 Å². The maximum absolute atomic E-state index is 15.1. The third kappa shape index (κ3) is 5.18. The molecule has 4 aliphatic rings. The molecule has 46 heavy (non-hydrogen) atoms. The minimum atomic E-state index is -2.26. The second kappa shape index (κ2) is 11.4. The van der Waals surface area contributed by atoms with Crippen molar-refractivity contribution in [3.8, 4) is 0 Å². The summed E-state index contributed by atoms with van der Waals surface area (Å²) in [5.41, 5.74) is -4.68. The minimum absolute atomic E-state index is 0.0144. The van der Waals surface area contributed by atoms with E-state index in [1.807, 2.05) is 40.4 Å². The molecule has 5 rings (SSSR count). The van der Waals surface area contributed by atoms with Crippen LogP contribution in [-0.2, 0) is 37.8 Å². The molecule has 1 aromatic rings. The zero-order chi connectivity index (χ0) is 34.2. The Morgan fingerprint density at radius 1 is 1.00 bits per heavy atom. The summed E-state index contributed by atoms with van der Waals surface area (Å²) < 4.78 is 31.4. The first kappa shape index (κ1) is 34.5. The molecule has 3 fully saturated rings. The monoisotopic (exact) mass is 656 g/mol. The van der Waals surface area contributed by atoms with E-state index in [0.717, 1.165) is 0 Å². The van der Waals surface area contributed by atoms with Crippen LogP contribution in [0.5, 0.6) is 0 Å². The Labute approximate surface area is 272 Å². The molecule has 3 aliphatic carbocycles. The first-order chi connectivity index (χ1) is 21.2. The number of fused-ring (bicyclic) bond motifs is 5. The number of esters is 3. The van der Waals surface area contributed by atoms with Crippen molar-refractivity contribution >= 4 is 32.0 Å². The summed E-state index contributed by atoms with van der Waals surface area (Å²) in [6, 6.07) is 8.46. The molecule has 11 heteroatoms. The average Bonchev–Trinajstić information content (AvgIpc) is 2.93. The average molecular weight is 657 g/mol. The third-order valence-corrected chi connectivity index (χ3v) is 12.1. The highest BCUT2D eigenvalue weighted by Crippen LogP contribution is 2.66. The van der Waals surface area contributed by atoms with Gasteiger partial charge in [0.05, 0.1) is 24.2 Å². The van der Waals surface area contributed by atoms with Gasteiger partial charge in [0, 0.05) is 36.7 Å². The van der Waals surface area contributed by atoms with Crippen molar-refractivity contribution in [1.29, 1.82) is 0 Å². The van der Waals surface area contributed by atoms with Gasteiger partial charge in [-0.2, -0.15) is 0 Å². The van der Waals surface area contributed by atoms with Gasteiger partial charge in [-0.25, -0.2) is 4.79 Å². The number of carbonyl (C=O) groups excluding carboxylic acids is 4. The van der Waals surface area contributed by atoms with Crippen LogP contribution in [0.25, 0.3) is 0 Å². The quantitative estimate of drug-likeness (QED) is 0.259. The summed E-state index contributed by atoms with van der Waals surface area (Å²) in [6.07, 6.45) is -3.60. The molecule has 9 atom stereocenters. The van der Waals surface area contributed by atoms with Crippen LogP contribution in [0.2, 0.25) is 19.6 Å². The Kier molecular flexibility index (Phi) is 8.53. The molecular weight excluding hydrogens is 608 g/mol. The van der Waals surface area contributed by atoms with E-state index in [9.17, 15) is 19.5 Å². The van der Waals surface area contributed by atoms with E-state index in [4.69, 9.17) is 23.4 Å². The molecule has 1 saturated heterocycles. The normalized spacial score (nSPS) is 38.3. The first-order valence-corrected chi connectivity index (χ1v) is 19.5. The highest BCUT2D eigenvalue weighted by Gasteiger charge is 2.77. The van der Waals surface area contributed by atoms with Crippen molar-refractivity contribution in [2.45, 2.75) is 117 Å². The van der Waals surface area contributed by atoms with Gasteiger partial charge in [-0.3, -0.25) is 14.4 Å². The summed E-state index contributed by atoms with van der Waals surface area (Å²) in [5.74, 6) is -3.75. The van der Waals surface area contributed by atoms with Crippen molar-refractivity contribution in [3.63, 3.8) is 0 Å². The third-order valence-electron chi connectivity index (χ3n) is 11.1. The van der Waals surface area contributed by atoms with Gasteiger partial charge < -0.3 is 28.5 Å². The molecule has 0 spiro atoms. The number of aliphatic hydroxyl groups is 1. The van der Waals surface area contributed by atoms with Crippen molar-refractivity contribution in [2.24, 2.45) is 22.7 Å². The van der Waals surface area contributed by atoms with Crippen LogP contribution in [0.1, 0.15) is 71.7 Å². The minimum Gasteiger partial charge on any atom is -0.455 e. The summed E-state index contributed by atoms with van der Waals surface area (Å²) in [4.78, 5) is 54.8. The maximum atomic E-state index is 15.1. The van der Waals surface area contributed by atoms with Crippen LogP contribution in [0.3, 0.4) is 0 Å². The molecule has 2 saturated carbocycles. The van der Waals surface area contributed by atoms with Crippen LogP contribution in [0.15, 0.2) is 41.5 Å². The van der Waals surface area contributed by atoms with Crippen LogP contribution >= 0.6 is 0 Å². The van der Waals surface area contributed by atoms with E-state index in [1.54, 1.807) is 44.2 Å². The summed E-state index contributed by atoms with van der Waals surface area (Å²) in [7, 11) is -2.26. The molecule has 10 nitrogen and oxygen atoms in total. The van der Waals surface area contributed by atoms with Crippen molar-refractivity contribution < 1.29 is 47.7 Å². The molecule has 7 unspecified atom stereocenters.